The highest BCUT2D eigenvalue weighted by atomic mass is 16.6. The normalized spacial score (nSPS) is 28.4. The van der Waals surface area contributed by atoms with Crippen molar-refractivity contribution in [3.8, 4) is 0 Å². The number of rotatable bonds is 4. The van der Waals surface area contributed by atoms with Crippen LogP contribution in [0.1, 0.15) is 12.8 Å². The van der Waals surface area contributed by atoms with E-state index in [0.717, 1.165) is 12.8 Å². The number of amides is 1. The number of carbonyl (C=O) groups excluding carboxylic acids is 1. The molecule has 0 aromatic carbocycles. The molecule has 6 heteroatoms. The Morgan fingerprint density at radius 1 is 1.56 bits per heavy atom. The van der Waals surface area contributed by atoms with Gasteiger partial charge in [0, 0.05) is 4.92 Å². The molecule has 0 saturated heterocycles. The Bertz CT molecular complexity index is 384. The molecule has 2 aliphatic carbocycles. The summed E-state index contributed by atoms with van der Waals surface area (Å²) in [6, 6.07) is -1.11. The number of allylic oxidation sites excluding steroid dienone is 2. The fourth-order valence-electron chi connectivity index (χ4n) is 1.64. The van der Waals surface area contributed by atoms with Gasteiger partial charge in [0.1, 0.15) is 5.76 Å². The van der Waals surface area contributed by atoms with Gasteiger partial charge in [0.15, 0.2) is 5.92 Å². The highest BCUT2D eigenvalue weighted by Gasteiger charge is 2.41. The zero-order valence-corrected chi connectivity index (χ0v) is 8.54. The van der Waals surface area contributed by atoms with Crippen molar-refractivity contribution in [2.24, 2.45) is 11.7 Å². The molecule has 1 fully saturated rings. The van der Waals surface area contributed by atoms with Gasteiger partial charge < -0.3 is 10.5 Å². The van der Waals surface area contributed by atoms with E-state index >= 15 is 0 Å². The van der Waals surface area contributed by atoms with Crippen molar-refractivity contribution in [3.63, 3.8) is 0 Å². The van der Waals surface area contributed by atoms with Gasteiger partial charge in [0.25, 0.3) is 0 Å². The largest absolute Gasteiger partial charge is 0.494 e. The summed E-state index contributed by atoms with van der Waals surface area (Å²) in [5.41, 5.74) is 5.18. The van der Waals surface area contributed by atoms with Gasteiger partial charge in [-0.25, -0.2) is 0 Å². The van der Waals surface area contributed by atoms with Crippen LogP contribution in [-0.2, 0) is 9.53 Å². The average Bonchev–Trinajstić information content (AvgIpc) is 3.00. The zero-order valence-electron chi connectivity index (χ0n) is 8.54. The fraction of sp³-hybridized carbons (Fsp3) is 0.500. The number of nitro groups is 1. The first-order valence-corrected chi connectivity index (χ1v) is 5.07. The van der Waals surface area contributed by atoms with E-state index in [0.29, 0.717) is 5.76 Å². The van der Waals surface area contributed by atoms with E-state index in [1.807, 2.05) is 0 Å². The van der Waals surface area contributed by atoms with Gasteiger partial charge in [0.05, 0.1) is 6.10 Å². The number of hydrogen-bond donors (Lipinski definition) is 1. The number of nitrogens with zero attached hydrogens (tertiary/aromatic N) is 1. The van der Waals surface area contributed by atoms with E-state index in [4.69, 9.17) is 10.5 Å². The van der Waals surface area contributed by atoms with E-state index in [-0.39, 0.29) is 6.10 Å². The first-order valence-electron chi connectivity index (χ1n) is 5.07. The average molecular weight is 224 g/mol. The summed E-state index contributed by atoms with van der Waals surface area (Å²) < 4.78 is 5.46. The topological polar surface area (TPSA) is 95.5 Å². The molecule has 2 aliphatic rings. The summed E-state index contributed by atoms with van der Waals surface area (Å²) in [4.78, 5) is 21.5. The maximum atomic E-state index is 11.2. The minimum absolute atomic E-state index is 0.0898. The molecular weight excluding hydrogens is 212 g/mol. The van der Waals surface area contributed by atoms with Crippen LogP contribution in [0.25, 0.3) is 0 Å². The van der Waals surface area contributed by atoms with Crippen LogP contribution in [0, 0.1) is 16.0 Å². The first-order chi connectivity index (χ1) is 7.59. The van der Waals surface area contributed by atoms with Gasteiger partial charge in [-0.2, -0.15) is 0 Å². The molecule has 1 amide bonds. The van der Waals surface area contributed by atoms with E-state index in [2.05, 4.69) is 0 Å². The van der Waals surface area contributed by atoms with Crippen molar-refractivity contribution in [2.75, 3.05) is 0 Å². The third-order valence-electron chi connectivity index (χ3n) is 2.59. The van der Waals surface area contributed by atoms with Crippen LogP contribution >= 0.6 is 0 Å². The Labute approximate surface area is 91.9 Å². The van der Waals surface area contributed by atoms with Crippen molar-refractivity contribution in [1.82, 2.24) is 0 Å². The number of primary amides is 1. The van der Waals surface area contributed by atoms with Crippen molar-refractivity contribution in [1.29, 1.82) is 0 Å². The standard InChI is InChI=1S/C10H12N2O4/c11-10(13)9-7(12(14)15)2-1-3-8(9)16-6-4-5-6/h1-3,6-7,9H,4-5H2,(H2,11,13). The lowest BCUT2D eigenvalue weighted by Gasteiger charge is -2.21. The maximum Gasteiger partial charge on any atom is 0.250 e. The lowest BCUT2D eigenvalue weighted by atomic mass is 9.93. The molecule has 2 atom stereocenters. The van der Waals surface area contributed by atoms with E-state index < -0.39 is 22.8 Å². The second kappa shape index (κ2) is 3.96. The second-order valence-electron chi connectivity index (χ2n) is 3.93. The molecule has 0 aliphatic heterocycles. The molecule has 0 aromatic heterocycles. The van der Waals surface area contributed by atoms with Gasteiger partial charge in [0.2, 0.25) is 11.9 Å². The van der Waals surface area contributed by atoms with Crippen LogP contribution < -0.4 is 5.73 Å². The SMILES string of the molecule is NC(=O)C1C(OC2CC2)=CC=CC1[N+](=O)[O-]. The van der Waals surface area contributed by atoms with Crippen molar-refractivity contribution >= 4 is 5.91 Å². The lowest BCUT2D eigenvalue weighted by molar-refractivity contribution is -0.515. The zero-order chi connectivity index (χ0) is 11.7. The van der Waals surface area contributed by atoms with Gasteiger partial charge in [-0.1, -0.05) is 6.08 Å². The molecule has 0 spiro atoms. The van der Waals surface area contributed by atoms with E-state index in [1.54, 1.807) is 6.08 Å². The highest BCUT2D eigenvalue weighted by Crippen LogP contribution is 2.32. The Morgan fingerprint density at radius 2 is 2.25 bits per heavy atom. The van der Waals surface area contributed by atoms with E-state index in [9.17, 15) is 14.9 Å². The van der Waals surface area contributed by atoms with Crippen molar-refractivity contribution in [3.05, 3.63) is 34.1 Å². The smallest absolute Gasteiger partial charge is 0.250 e. The predicted octanol–water partition coefficient (Wildman–Crippen LogP) is 0.366. The minimum Gasteiger partial charge on any atom is -0.494 e. The number of hydrogen-bond acceptors (Lipinski definition) is 4. The van der Waals surface area contributed by atoms with Crippen LogP contribution in [-0.4, -0.2) is 23.0 Å². The summed E-state index contributed by atoms with van der Waals surface area (Å²) in [6.45, 7) is 0. The quantitative estimate of drug-likeness (QED) is 0.551. The Balaban J connectivity index is 2.20. The molecule has 2 N–H and O–H groups in total. The highest BCUT2D eigenvalue weighted by molar-refractivity contribution is 5.80. The molecule has 2 rings (SSSR count). The van der Waals surface area contributed by atoms with Crippen LogP contribution in [0.15, 0.2) is 24.0 Å². The molecule has 86 valence electrons. The summed E-state index contributed by atoms with van der Waals surface area (Å²) in [6.07, 6.45) is 6.41. The van der Waals surface area contributed by atoms with Crippen LogP contribution in [0.3, 0.4) is 0 Å². The third kappa shape index (κ3) is 2.05. The summed E-state index contributed by atoms with van der Waals surface area (Å²) in [5.74, 6) is -1.39. The molecule has 0 bridgehead atoms. The molecule has 0 heterocycles. The van der Waals surface area contributed by atoms with Gasteiger partial charge in [-0.05, 0) is 25.0 Å². The van der Waals surface area contributed by atoms with Crippen LogP contribution in [0.4, 0.5) is 0 Å². The molecule has 0 radical (unpaired) electrons. The van der Waals surface area contributed by atoms with Crippen LogP contribution in [0.5, 0.6) is 0 Å². The Hall–Kier alpha value is -1.85. The third-order valence-corrected chi connectivity index (χ3v) is 2.59. The molecule has 2 unspecified atom stereocenters. The second-order valence-corrected chi connectivity index (χ2v) is 3.93. The predicted molar refractivity (Wildman–Crippen MR) is 54.8 cm³/mol. The molecular formula is C10H12N2O4. The monoisotopic (exact) mass is 224 g/mol. The number of nitrogens with two attached hydrogens (primary N) is 1. The Kier molecular flexibility index (Phi) is 2.64. The van der Waals surface area contributed by atoms with Gasteiger partial charge in [-0.3, -0.25) is 14.9 Å². The Morgan fingerprint density at radius 3 is 2.75 bits per heavy atom. The van der Waals surface area contributed by atoms with Crippen molar-refractivity contribution in [2.45, 2.75) is 25.0 Å². The maximum absolute atomic E-state index is 11.2. The summed E-state index contributed by atoms with van der Waals surface area (Å²) >= 11 is 0. The molecule has 1 saturated carbocycles. The summed E-state index contributed by atoms with van der Waals surface area (Å²) in [5, 5.41) is 10.8. The lowest BCUT2D eigenvalue weighted by Crippen LogP contribution is -2.40. The molecule has 0 aromatic rings. The number of ether oxygens (including phenoxy) is 1. The summed E-state index contributed by atoms with van der Waals surface area (Å²) in [7, 11) is 0. The van der Waals surface area contributed by atoms with Gasteiger partial charge >= 0.3 is 0 Å². The number of carbonyl (C=O) groups is 1. The fourth-order valence-corrected chi connectivity index (χ4v) is 1.64. The van der Waals surface area contributed by atoms with Crippen LogP contribution in [0.2, 0.25) is 0 Å². The molecule has 16 heavy (non-hydrogen) atoms. The minimum atomic E-state index is -1.11. The van der Waals surface area contributed by atoms with Crippen molar-refractivity contribution < 1.29 is 14.5 Å². The molecule has 6 nitrogen and oxygen atoms in total. The van der Waals surface area contributed by atoms with E-state index in [1.165, 1.54) is 12.2 Å². The van der Waals surface area contributed by atoms with Gasteiger partial charge in [-0.15, -0.1) is 0 Å². The first kappa shape index (κ1) is 10.7.